The van der Waals surface area contributed by atoms with E-state index in [0.717, 1.165) is 0 Å². The zero-order chi connectivity index (χ0) is 11.0. The SMILES string of the molecule is NCCOCC(=O)N[C@@H](CO)C(=O)O. The van der Waals surface area contributed by atoms with Gasteiger partial charge in [-0.05, 0) is 0 Å². The fraction of sp³-hybridized carbons (Fsp3) is 0.714. The molecule has 0 aromatic rings. The zero-order valence-electron chi connectivity index (χ0n) is 7.60. The number of hydrogen-bond donors (Lipinski definition) is 4. The summed E-state index contributed by atoms with van der Waals surface area (Å²) in [5, 5.41) is 19.1. The Hall–Kier alpha value is -1.18. The van der Waals surface area contributed by atoms with Gasteiger partial charge in [-0.15, -0.1) is 0 Å². The molecule has 0 unspecified atom stereocenters. The van der Waals surface area contributed by atoms with E-state index in [0.29, 0.717) is 0 Å². The van der Waals surface area contributed by atoms with Crippen LogP contribution in [0.25, 0.3) is 0 Å². The van der Waals surface area contributed by atoms with Crippen molar-refractivity contribution < 1.29 is 24.5 Å². The van der Waals surface area contributed by atoms with Crippen LogP contribution in [0.4, 0.5) is 0 Å². The van der Waals surface area contributed by atoms with E-state index in [-0.39, 0.29) is 19.8 Å². The molecule has 82 valence electrons. The number of carboxylic acids is 1. The van der Waals surface area contributed by atoms with Crippen molar-refractivity contribution in [3.8, 4) is 0 Å². The normalized spacial score (nSPS) is 12.1. The van der Waals surface area contributed by atoms with Gasteiger partial charge in [0.25, 0.3) is 0 Å². The molecule has 0 aliphatic carbocycles. The number of aliphatic hydroxyl groups excluding tert-OH is 1. The second kappa shape index (κ2) is 7.25. The molecule has 7 heteroatoms. The predicted molar refractivity (Wildman–Crippen MR) is 46.5 cm³/mol. The first-order valence-electron chi connectivity index (χ1n) is 4.02. The summed E-state index contributed by atoms with van der Waals surface area (Å²) in [4.78, 5) is 21.3. The molecule has 0 fully saturated rings. The van der Waals surface area contributed by atoms with Crippen LogP contribution in [-0.2, 0) is 14.3 Å². The quantitative estimate of drug-likeness (QED) is 0.342. The van der Waals surface area contributed by atoms with Crippen LogP contribution in [0.3, 0.4) is 0 Å². The third-order valence-electron chi connectivity index (χ3n) is 1.31. The van der Waals surface area contributed by atoms with Crippen LogP contribution < -0.4 is 11.1 Å². The molecule has 0 aromatic heterocycles. The van der Waals surface area contributed by atoms with E-state index < -0.39 is 24.5 Å². The molecule has 0 saturated carbocycles. The van der Waals surface area contributed by atoms with Gasteiger partial charge in [-0.2, -0.15) is 0 Å². The third-order valence-corrected chi connectivity index (χ3v) is 1.31. The van der Waals surface area contributed by atoms with Crippen molar-refractivity contribution in [2.75, 3.05) is 26.4 Å². The monoisotopic (exact) mass is 206 g/mol. The maximum atomic E-state index is 10.9. The van der Waals surface area contributed by atoms with E-state index >= 15 is 0 Å². The number of hydrogen-bond acceptors (Lipinski definition) is 5. The molecule has 0 aliphatic heterocycles. The number of aliphatic carboxylic acids is 1. The standard InChI is InChI=1S/C7H14N2O5/c8-1-2-14-4-6(11)9-5(3-10)7(12)13/h5,10H,1-4,8H2,(H,9,11)(H,12,13)/t5-/m0/s1. The summed E-state index contributed by atoms with van der Waals surface area (Å²) in [7, 11) is 0. The molecule has 5 N–H and O–H groups in total. The van der Waals surface area contributed by atoms with Gasteiger partial charge < -0.3 is 26.0 Å². The summed E-state index contributed by atoms with van der Waals surface area (Å²) in [5.41, 5.74) is 5.10. The van der Waals surface area contributed by atoms with Crippen molar-refractivity contribution in [1.82, 2.24) is 5.32 Å². The lowest BCUT2D eigenvalue weighted by molar-refractivity contribution is -0.143. The van der Waals surface area contributed by atoms with Gasteiger partial charge in [0.2, 0.25) is 5.91 Å². The lowest BCUT2D eigenvalue weighted by atomic mass is 10.3. The number of nitrogens with one attached hydrogen (secondary N) is 1. The van der Waals surface area contributed by atoms with Crippen molar-refractivity contribution in [1.29, 1.82) is 0 Å². The Kier molecular flexibility index (Phi) is 6.63. The smallest absolute Gasteiger partial charge is 0.328 e. The maximum absolute atomic E-state index is 10.9. The van der Waals surface area contributed by atoms with Crippen molar-refractivity contribution in [2.45, 2.75) is 6.04 Å². The van der Waals surface area contributed by atoms with Crippen molar-refractivity contribution in [3.63, 3.8) is 0 Å². The van der Waals surface area contributed by atoms with Gasteiger partial charge in [-0.1, -0.05) is 0 Å². The molecule has 0 rings (SSSR count). The maximum Gasteiger partial charge on any atom is 0.328 e. The molecule has 14 heavy (non-hydrogen) atoms. The van der Waals surface area contributed by atoms with Crippen LogP contribution in [0.1, 0.15) is 0 Å². The minimum Gasteiger partial charge on any atom is -0.480 e. The first-order chi connectivity index (χ1) is 6.61. The van der Waals surface area contributed by atoms with Gasteiger partial charge in [-0.25, -0.2) is 4.79 Å². The number of amides is 1. The highest BCUT2D eigenvalue weighted by Gasteiger charge is 2.18. The number of ether oxygens (including phenoxy) is 1. The predicted octanol–water partition coefficient (Wildman–Crippen LogP) is -2.48. The first kappa shape index (κ1) is 12.8. The number of rotatable bonds is 7. The second-order valence-corrected chi connectivity index (χ2v) is 2.48. The summed E-state index contributed by atoms with van der Waals surface area (Å²) < 4.78 is 4.76. The van der Waals surface area contributed by atoms with Gasteiger partial charge in [0.15, 0.2) is 0 Å². The molecule has 1 atom stereocenters. The van der Waals surface area contributed by atoms with E-state index in [1.165, 1.54) is 0 Å². The number of carboxylic acid groups (broad SMARTS) is 1. The largest absolute Gasteiger partial charge is 0.480 e. The molecule has 1 amide bonds. The van der Waals surface area contributed by atoms with Gasteiger partial charge in [0.1, 0.15) is 12.6 Å². The number of carbonyl (C=O) groups is 2. The molecular weight excluding hydrogens is 192 g/mol. The lowest BCUT2D eigenvalue weighted by Crippen LogP contribution is -2.44. The molecule has 0 heterocycles. The Labute approximate surface area is 80.8 Å². The van der Waals surface area contributed by atoms with Crippen LogP contribution in [-0.4, -0.2) is 54.5 Å². The van der Waals surface area contributed by atoms with Crippen LogP contribution in [0, 0.1) is 0 Å². The van der Waals surface area contributed by atoms with Crippen LogP contribution in [0.2, 0.25) is 0 Å². The molecular formula is C7H14N2O5. The number of nitrogens with two attached hydrogens (primary N) is 1. The number of carbonyl (C=O) groups excluding carboxylic acids is 1. The van der Waals surface area contributed by atoms with Crippen molar-refractivity contribution in [2.24, 2.45) is 5.73 Å². The topological polar surface area (TPSA) is 122 Å². The Balaban J connectivity index is 3.74. The first-order valence-corrected chi connectivity index (χ1v) is 4.02. The average Bonchev–Trinajstić information content (AvgIpc) is 2.14. The molecule has 0 aromatic carbocycles. The van der Waals surface area contributed by atoms with E-state index in [1.54, 1.807) is 0 Å². The van der Waals surface area contributed by atoms with Gasteiger partial charge in [0, 0.05) is 6.54 Å². The Morgan fingerprint density at radius 1 is 1.50 bits per heavy atom. The molecule has 0 spiro atoms. The highest BCUT2D eigenvalue weighted by atomic mass is 16.5. The van der Waals surface area contributed by atoms with E-state index in [4.69, 9.17) is 20.7 Å². The minimum absolute atomic E-state index is 0.226. The lowest BCUT2D eigenvalue weighted by Gasteiger charge is -2.11. The van der Waals surface area contributed by atoms with Crippen molar-refractivity contribution >= 4 is 11.9 Å². The minimum atomic E-state index is -1.29. The fourth-order valence-electron chi connectivity index (χ4n) is 0.670. The summed E-state index contributed by atoms with van der Waals surface area (Å²) in [6.45, 7) is -0.404. The van der Waals surface area contributed by atoms with Gasteiger partial charge >= 0.3 is 5.97 Å². The Bertz CT molecular complexity index is 197. The van der Waals surface area contributed by atoms with Crippen LogP contribution >= 0.6 is 0 Å². The molecule has 0 saturated heterocycles. The zero-order valence-corrected chi connectivity index (χ0v) is 7.60. The Morgan fingerprint density at radius 2 is 2.14 bits per heavy atom. The third kappa shape index (κ3) is 5.46. The summed E-state index contributed by atoms with van der Waals surface area (Å²) in [6, 6.07) is -1.29. The van der Waals surface area contributed by atoms with Gasteiger partial charge in [0.05, 0.1) is 13.2 Å². The van der Waals surface area contributed by atoms with Crippen molar-refractivity contribution in [3.05, 3.63) is 0 Å². The average molecular weight is 206 g/mol. The van der Waals surface area contributed by atoms with Gasteiger partial charge in [-0.3, -0.25) is 4.79 Å². The molecule has 0 radical (unpaired) electrons. The molecule has 0 aliphatic rings. The van der Waals surface area contributed by atoms with E-state index in [1.807, 2.05) is 0 Å². The molecule has 7 nitrogen and oxygen atoms in total. The molecule has 0 bridgehead atoms. The second-order valence-electron chi connectivity index (χ2n) is 2.48. The highest BCUT2D eigenvalue weighted by Crippen LogP contribution is 1.83. The Morgan fingerprint density at radius 3 is 2.57 bits per heavy atom. The highest BCUT2D eigenvalue weighted by molar-refractivity contribution is 5.84. The van der Waals surface area contributed by atoms with E-state index in [9.17, 15) is 9.59 Å². The van der Waals surface area contributed by atoms with Crippen LogP contribution in [0.15, 0.2) is 0 Å². The summed E-state index contributed by atoms with van der Waals surface area (Å²) in [5.74, 6) is -1.89. The fourth-order valence-corrected chi connectivity index (χ4v) is 0.670. The summed E-state index contributed by atoms with van der Waals surface area (Å²) in [6.07, 6.45) is 0. The number of aliphatic hydroxyl groups is 1. The van der Waals surface area contributed by atoms with E-state index in [2.05, 4.69) is 5.32 Å². The summed E-state index contributed by atoms with van der Waals surface area (Å²) >= 11 is 0. The van der Waals surface area contributed by atoms with Crippen LogP contribution in [0.5, 0.6) is 0 Å².